The minimum Gasteiger partial charge on any atom is -0.395 e. The summed E-state index contributed by atoms with van der Waals surface area (Å²) in [7, 11) is -3.81. The van der Waals surface area contributed by atoms with E-state index in [9.17, 15) is 13.5 Å². The fourth-order valence-electron chi connectivity index (χ4n) is 5.83. The Kier molecular flexibility index (Phi) is 7.51. The molecule has 1 aliphatic rings. The van der Waals surface area contributed by atoms with Gasteiger partial charge in [-0.05, 0) is 46.0 Å². The zero-order valence-electron chi connectivity index (χ0n) is 22.0. The van der Waals surface area contributed by atoms with Crippen molar-refractivity contribution in [3.8, 4) is 0 Å². The molecule has 0 aliphatic carbocycles. The molecule has 0 amide bonds. The number of fused-ring (bicyclic) bond motifs is 1. The highest BCUT2D eigenvalue weighted by molar-refractivity contribution is 8.01. The van der Waals surface area contributed by atoms with Crippen molar-refractivity contribution in [1.82, 2.24) is 4.31 Å². The number of aliphatic hydroxyl groups is 1. The number of thioether (sulfide) groups is 1. The van der Waals surface area contributed by atoms with Crippen molar-refractivity contribution in [2.45, 2.75) is 27.4 Å². The van der Waals surface area contributed by atoms with Gasteiger partial charge in [-0.2, -0.15) is 4.31 Å². The van der Waals surface area contributed by atoms with Gasteiger partial charge in [-0.3, -0.25) is 0 Å². The SMILES string of the molecule is O=S(=O)(c1ccc2ccccc2c1)N1CC(SC(c2ccccc2)(c2ccccc2)c2ccccc2)CC1CO. The molecule has 1 aliphatic heterocycles. The van der Waals surface area contributed by atoms with Gasteiger partial charge in [0.25, 0.3) is 0 Å². The second-order valence-electron chi connectivity index (χ2n) is 10.2. The van der Waals surface area contributed by atoms with Crippen LogP contribution in [0.2, 0.25) is 0 Å². The summed E-state index contributed by atoms with van der Waals surface area (Å²) >= 11 is 1.78. The molecule has 202 valence electrons. The third-order valence-corrected chi connectivity index (χ3v) is 11.4. The van der Waals surface area contributed by atoms with Gasteiger partial charge in [0.15, 0.2) is 0 Å². The average molecular weight is 566 g/mol. The van der Waals surface area contributed by atoms with Gasteiger partial charge >= 0.3 is 0 Å². The topological polar surface area (TPSA) is 57.6 Å². The number of hydrogen-bond acceptors (Lipinski definition) is 4. The second-order valence-corrected chi connectivity index (χ2v) is 13.6. The maximum atomic E-state index is 14.0. The van der Waals surface area contributed by atoms with Crippen LogP contribution < -0.4 is 0 Å². The van der Waals surface area contributed by atoms with Crippen LogP contribution in [0.15, 0.2) is 138 Å². The van der Waals surface area contributed by atoms with Gasteiger partial charge in [0.2, 0.25) is 10.0 Å². The van der Waals surface area contributed by atoms with Crippen LogP contribution in [0.5, 0.6) is 0 Å². The van der Waals surface area contributed by atoms with Crippen molar-refractivity contribution in [2.75, 3.05) is 13.2 Å². The molecule has 0 bridgehead atoms. The Morgan fingerprint density at radius 3 is 1.73 bits per heavy atom. The van der Waals surface area contributed by atoms with Crippen LogP contribution in [0.25, 0.3) is 10.8 Å². The van der Waals surface area contributed by atoms with E-state index in [1.54, 1.807) is 23.9 Å². The van der Waals surface area contributed by atoms with E-state index < -0.39 is 20.8 Å². The van der Waals surface area contributed by atoms with Crippen molar-refractivity contribution >= 4 is 32.6 Å². The van der Waals surface area contributed by atoms with Gasteiger partial charge in [-0.1, -0.05) is 121 Å². The third kappa shape index (κ3) is 4.86. The molecule has 0 spiro atoms. The van der Waals surface area contributed by atoms with Crippen LogP contribution in [0.3, 0.4) is 0 Å². The number of hydrogen-bond donors (Lipinski definition) is 1. The second kappa shape index (κ2) is 11.2. The minimum absolute atomic E-state index is 0.0481. The van der Waals surface area contributed by atoms with E-state index in [4.69, 9.17) is 0 Å². The van der Waals surface area contributed by atoms with Crippen molar-refractivity contribution in [3.63, 3.8) is 0 Å². The van der Waals surface area contributed by atoms with Gasteiger partial charge in [-0.25, -0.2) is 8.42 Å². The van der Waals surface area contributed by atoms with Crippen LogP contribution in [-0.2, 0) is 14.8 Å². The molecule has 6 heteroatoms. The van der Waals surface area contributed by atoms with Gasteiger partial charge in [0.05, 0.1) is 16.2 Å². The van der Waals surface area contributed by atoms with Crippen molar-refractivity contribution in [2.24, 2.45) is 0 Å². The molecule has 4 nitrogen and oxygen atoms in total. The Balaban J connectivity index is 1.41. The Morgan fingerprint density at radius 2 is 1.20 bits per heavy atom. The summed E-state index contributed by atoms with van der Waals surface area (Å²) in [6.45, 7) is 0.0954. The molecular formula is C34H31NO3S2. The number of nitrogens with zero attached hydrogens (tertiary/aromatic N) is 1. The van der Waals surface area contributed by atoms with Gasteiger partial charge < -0.3 is 5.11 Å². The van der Waals surface area contributed by atoms with E-state index >= 15 is 0 Å². The lowest BCUT2D eigenvalue weighted by molar-refractivity contribution is 0.213. The molecule has 40 heavy (non-hydrogen) atoms. The Bertz CT molecular complexity index is 1600. The van der Waals surface area contributed by atoms with Crippen LogP contribution in [0.4, 0.5) is 0 Å². The zero-order valence-corrected chi connectivity index (χ0v) is 23.6. The summed E-state index contributed by atoms with van der Waals surface area (Å²) in [4.78, 5) is 0.260. The normalized spacial score (nSPS) is 18.2. The van der Waals surface area contributed by atoms with Crippen molar-refractivity contribution < 1.29 is 13.5 Å². The monoisotopic (exact) mass is 565 g/mol. The summed E-state index contributed by atoms with van der Waals surface area (Å²) in [5, 5.41) is 12.2. The molecule has 2 unspecified atom stereocenters. The molecule has 6 rings (SSSR count). The van der Waals surface area contributed by atoms with Crippen LogP contribution in [0.1, 0.15) is 23.1 Å². The van der Waals surface area contributed by atoms with Crippen molar-refractivity contribution in [3.05, 3.63) is 150 Å². The van der Waals surface area contributed by atoms with Crippen LogP contribution in [-0.4, -0.2) is 42.3 Å². The zero-order chi connectivity index (χ0) is 27.6. The number of benzene rings is 5. The van der Waals surface area contributed by atoms with Crippen LogP contribution >= 0.6 is 11.8 Å². The lowest BCUT2D eigenvalue weighted by Gasteiger charge is -2.37. The first-order valence-corrected chi connectivity index (χ1v) is 15.8. The quantitative estimate of drug-likeness (QED) is 0.213. The Hall–Kier alpha value is -3.42. The maximum absolute atomic E-state index is 14.0. The van der Waals surface area contributed by atoms with E-state index in [2.05, 4.69) is 72.8 Å². The summed E-state index contributed by atoms with van der Waals surface area (Å²) in [6, 6.07) is 43.8. The lowest BCUT2D eigenvalue weighted by atomic mass is 9.84. The summed E-state index contributed by atoms with van der Waals surface area (Å²) < 4.78 is 28.9. The van der Waals surface area contributed by atoms with Gasteiger partial charge in [0.1, 0.15) is 0 Å². The van der Waals surface area contributed by atoms with E-state index in [-0.39, 0.29) is 16.8 Å². The highest BCUT2D eigenvalue weighted by Gasteiger charge is 2.46. The van der Waals surface area contributed by atoms with E-state index in [0.717, 1.165) is 27.5 Å². The average Bonchev–Trinajstić information content (AvgIpc) is 3.45. The summed E-state index contributed by atoms with van der Waals surface area (Å²) in [6.07, 6.45) is 0.558. The predicted molar refractivity (Wildman–Crippen MR) is 164 cm³/mol. The lowest BCUT2D eigenvalue weighted by Crippen LogP contribution is -2.38. The van der Waals surface area contributed by atoms with Crippen molar-refractivity contribution in [1.29, 1.82) is 0 Å². The molecule has 1 N–H and O–H groups in total. The summed E-state index contributed by atoms with van der Waals surface area (Å²) in [5.74, 6) is 0. The van der Waals surface area contributed by atoms with Gasteiger partial charge in [0, 0.05) is 17.8 Å². The molecule has 0 saturated carbocycles. The highest BCUT2D eigenvalue weighted by atomic mass is 32.2. The first-order valence-electron chi connectivity index (χ1n) is 13.5. The molecular weight excluding hydrogens is 535 g/mol. The highest BCUT2D eigenvalue weighted by Crippen LogP contribution is 2.52. The molecule has 1 saturated heterocycles. The molecule has 1 heterocycles. The fourth-order valence-corrected chi connectivity index (χ4v) is 9.50. The summed E-state index contributed by atoms with van der Waals surface area (Å²) in [5.41, 5.74) is 3.40. The molecule has 1 fully saturated rings. The predicted octanol–water partition coefficient (Wildman–Crippen LogP) is 6.69. The van der Waals surface area contributed by atoms with E-state index in [1.807, 2.05) is 48.5 Å². The standard InChI is InChI=1S/C34H31NO3S2/c36-25-31-23-32(24-35(31)40(37,38)33-21-20-26-12-10-11-13-27(26)22-33)39-34(28-14-4-1-5-15-28,29-16-6-2-7-17-29)30-18-8-3-9-19-30/h1-22,31-32,36H,23-25H2. The minimum atomic E-state index is -3.81. The third-order valence-electron chi connectivity index (χ3n) is 7.75. The van der Waals surface area contributed by atoms with E-state index in [0.29, 0.717) is 13.0 Å². The maximum Gasteiger partial charge on any atom is 0.243 e. The van der Waals surface area contributed by atoms with Crippen LogP contribution in [0, 0.1) is 0 Å². The molecule has 0 radical (unpaired) electrons. The Morgan fingerprint density at radius 1 is 0.700 bits per heavy atom. The fraction of sp³-hybridized carbons (Fsp3) is 0.176. The van der Waals surface area contributed by atoms with E-state index in [1.165, 1.54) is 4.31 Å². The number of sulfonamides is 1. The molecule has 5 aromatic carbocycles. The largest absolute Gasteiger partial charge is 0.395 e. The Labute approximate surface area is 240 Å². The number of rotatable bonds is 8. The first-order chi connectivity index (χ1) is 19.5. The van der Waals surface area contributed by atoms with Gasteiger partial charge in [-0.15, -0.1) is 11.8 Å². The molecule has 5 aromatic rings. The first kappa shape index (κ1) is 26.8. The smallest absolute Gasteiger partial charge is 0.243 e. The molecule has 2 atom stereocenters. The molecule has 0 aromatic heterocycles. The number of aliphatic hydroxyl groups excluding tert-OH is 1.